The zero-order chi connectivity index (χ0) is 24.8. The number of fused-ring (bicyclic) bond motifs is 1. The van der Waals surface area contributed by atoms with Gasteiger partial charge in [0.1, 0.15) is 11.4 Å². The molecular formula is C22H20N2O9S. The smallest absolute Gasteiger partial charge is 0.328 e. The van der Waals surface area contributed by atoms with E-state index < -0.39 is 56.2 Å². The van der Waals surface area contributed by atoms with Crippen molar-refractivity contribution in [1.29, 1.82) is 0 Å². The van der Waals surface area contributed by atoms with E-state index in [2.05, 4.69) is 4.98 Å². The number of aromatic nitrogens is 1. The van der Waals surface area contributed by atoms with E-state index >= 15 is 0 Å². The van der Waals surface area contributed by atoms with Gasteiger partial charge >= 0.3 is 11.9 Å². The lowest BCUT2D eigenvalue weighted by Crippen LogP contribution is -2.59. The van der Waals surface area contributed by atoms with E-state index in [4.69, 9.17) is 4.74 Å². The third-order valence-electron chi connectivity index (χ3n) is 5.93. The molecule has 11 nitrogen and oxygen atoms in total. The van der Waals surface area contributed by atoms with Crippen molar-refractivity contribution in [2.24, 2.45) is 0 Å². The molecule has 3 atom stereocenters. The number of nitrogens with zero attached hydrogens (tertiary/aromatic N) is 2. The Morgan fingerprint density at radius 3 is 2.56 bits per heavy atom. The Morgan fingerprint density at radius 1 is 1.21 bits per heavy atom. The topological polar surface area (TPSA) is 171 Å². The highest BCUT2D eigenvalue weighted by atomic mass is 32.2. The lowest BCUT2D eigenvalue weighted by atomic mass is 9.94. The van der Waals surface area contributed by atoms with Gasteiger partial charge in [0.2, 0.25) is 0 Å². The molecule has 1 aromatic heterocycles. The molecule has 0 bridgehead atoms. The van der Waals surface area contributed by atoms with Gasteiger partial charge in [-0.2, -0.15) is 0 Å². The molecule has 0 saturated carbocycles. The van der Waals surface area contributed by atoms with Crippen molar-refractivity contribution >= 4 is 33.8 Å². The second-order valence-corrected chi connectivity index (χ2v) is 10.6. The maximum atomic E-state index is 13.4. The van der Waals surface area contributed by atoms with Gasteiger partial charge in [-0.15, -0.1) is 0 Å². The maximum Gasteiger partial charge on any atom is 0.328 e. The number of pyridine rings is 1. The number of rotatable bonds is 6. The van der Waals surface area contributed by atoms with Crippen molar-refractivity contribution in [3.05, 3.63) is 59.4 Å². The van der Waals surface area contributed by atoms with Gasteiger partial charge in [-0.05, 0) is 42.8 Å². The van der Waals surface area contributed by atoms with Crippen molar-refractivity contribution in [2.45, 2.75) is 29.5 Å². The number of β-lactam (4-membered cyclic amide) rings is 1. The van der Waals surface area contributed by atoms with Crippen molar-refractivity contribution in [1.82, 2.24) is 9.88 Å². The van der Waals surface area contributed by atoms with Gasteiger partial charge in [0.15, 0.2) is 32.8 Å². The van der Waals surface area contributed by atoms with Crippen LogP contribution in [0, 0.1) is 0 Å². The Morgan fingerprint density at radius 2 is 1.94 bits per heavy atom. The minimum Gasteiger partial charge on any atom is -0.504 e. The lowest BCUT2D eigenvalue weighted by molar-refractivity contribution is -0.155. The first-order valence-electron chi connectivity index (χ1n) is 10.1. The van der Waals surface area contributed by atoms with Crippen LogP contribution in [-0.4, -0.2) is 74.2 Å². The predicted molar refractivity (Wildman–Crippen MR) is 116 cm³/mol. The van der Waals surface area contributed by atoms with Crippen LogP contribution in [0.15, 0.2) is 48.2 Å². The van der Waals surface area contributed by atoms with Crippen molar-refractivity contribution in [3.8, 4) is 11.5 Å². The molecule has 2 aliphatic rings. The number of carbonyl (C=O) groups excluding carboxylic acids is 2. The summed E-state index contributed by atoms with van der Waals surface area (Å²) >= 11 is 0. The number of phenolic OH excluding ortho intramolecular Hbond substituents is 2. The first-order chi connectivity index (χ1) is 16.0. The summed E-state index contributed by atoms with van der Waals surface area (Å²) in [5.74, 6) is -4.00. The van der Waals surface area contributed by atoms with Gasteiger partial charge < -0.3 is 25.0 Å². The molecule has 1 amide bonds. The number of carboxylic acid groups (broad SMARTS) is 1. The van der Waals surface area contributed by atoms with Gasteiger partial charge in [-0.3, -0.25) is 14.6 Å². The van der Waals surface area contributed by atoms with E-state index in [1.807, 2.05) is 0 Å². The maximum absolute atomic E-state index is 13.4. The number of phenols is 2. The van der Waals surface area contributed by atoms with Gasteiger partial charge in [0, 0.05) is 6.20 Å². The first kappa shape index (κ1) is 23.2. The monoisotopic (exact) mass is 488 g/mol. The van der Waals surface area contributed by atoms with Crippen molar-refractivity contribution in [2.75, 3.05) is 6.61 Å². The summed E-state index contributed by atoms with van der Waals surface area (Å²) in [5.41, 5.74) is 0.512. The highest BCUT2D eigenvalue weighted by Gasteiger charge is 2.72. The fraction of sp³-hybridized carbons (Fsp3) is 0.273. The molecule has 0 unspecified atom stereocenters. The number of aromatic hydroxyl groups is 2. The molecule has 0 spiro atoms. The average Bonchev–Trinajstić information content (AvgIpc) is 2.95. The highest BCUT2D eigenvalue weighted by Crippen LogP contribution is 2.49. The van der Waals surface area contributed by atoms with Crippen LogP contribution < -0.4 is 0 Å². The van der Waals surface area contributed by atoms with Gasteiger partial charge in [0.25, 0.3) is 5.91 Å². The van der Waals surface area contributed by atoms with Gasteiger partial charge in [0.05, 0.1) is 17.7 Å². The summed E-state index contributed by atoms with van der Waals surface area (Å²) in [6, 6.07) is 6.79. The molecule has 34 heavy (non-hydrogen) atoms. The SMILES string of the molecule is C[C@]1(COC(=O)Cc2ccc(O)c(O)c2)[C@H](C(=O)O)N2C(=O)/C(=C\c3ccccn3)[C@H]2S1(=O)=O. The summed E-state index contributed by atoms with van der Waals surface area (Å²) in [6.45, 7) is 0.330. The number of carbonyl (C=O) groups is 3. The molecule has 2 aliphatic heterocycles. The van der Waals surface area contributed by atoms with E-state index in [9.17, 15) is 38.1 Å². The molecule has 1 aromatic carbocycles. The summed E-state index contributed by atoms with van der Waals surface area (Å²) in [4.78, 5) is 41.9. The van der Waals surface area contributed by atoms with Gasteiger partial charge in [-0.1, -0.05) is 12.1 Å². The lowest BCUT2D eigenvalue weighted by Gasteiger charge is -2.37. The van der Waals surface area contributed by atoms with Gasteiger partial charge in [-0.25, -0.2) is 13.2 Å². The molecule has 12 heteroatoms. The number of sulfone groups is 1. The Kier molecular flexibility index (Phi) is 5.56. The highest BCUT2D eigenvalue weighted by molar-refractivity contribution is 7.94. The first-order valence-corrected chi connectivity index (χ1v) is 11.6. The normalized spacial score (nSPS) is 26.1. The molecule has 2 aromatic rings. The van der Waals surface area contributed by atoms with E-state index in [0.29, 0.717) is 5.69 Å². The molecule has 3 heterocycles. The summed E-state index contributed by atoms with van der Waals surface area (Å²) in [7, 11) is -4.33. The number of aliphatic carboxylic acids is 1. The average molecular weight is 488 g/mol. The standard InChI is InChI=1S/C22H20N2O9S/c1-22(11-33-17(27)9-12-5-6-15(25)16(26)8-12)18(21(29)30)24-19(28)14(20(24)34(22,31)32)10-13-4-2-3-7-23-13/h2-8,10,18,20,25-26H,9,11H2,1H3,(H,29,30)/b14-10+/t18-,20+,22-/m0/s1. The summed E-state index contributed by atoms with van der Waals surface area (Å²) in [6.07, 6.45) is 2.40. The van der Waals surface area contributed by atoms with E-state index in [-0.39, 0.29) is 23.3 Å². The van der Waals surface area contributed by atoms with Crippen LogP contribution in [0.3, 0.4) is 0 Å². The third kappa shape index (κ3) is 3.55. The van der Waals surface area contributed by atoms with Crippen LogP contribution in [0.25, 0.3) is 6.08 Å². The molecule has 0 radical (unpaired) electrons. The Hall–Kier alpha value is -3.93. The molecule has 2 saturated heterocycles. The Balaban J connectivity index is 1.59. The Bertz CT molecular complexity index is 1320. The number of hydrogen-bond donors (Lipinski definition) is 3. The quantitative estimate of drug-likeness (QED) is 0.225. The second-order valence-electron chi connectivity index (χ2n) is 8.18. The number of hydrogen-bond acceptors (Lipinski definition) is 9. The fourth-order valence-corrected chi connectivity index (χ4v) is 6.41. The van der Waals surface area contributed by atoms with Crippen molar-refractivity contribution in [3.63, 3.8) is 0 Å². The number of benzene rings is 1. The van der Waals surface area contributed by atoms with E-state index in [1.54, 1.807) is 18.2 Å². The van der Waals surface area contributed by atoms with E-state index in [0.717, 1.165) is 17.9 Å². The predicted octanol–water partition coefficient (Wildman–Crippen LogP) is 0.471. The van der Waals surface area contributed by atoms with Crippen LogP contribution in [0.1, 0.15) is 18.2 Å². The van der Waals surface area contributed by atoms with E-state index in [1.165, 1.54) is 24.4 Å². The minimum atomic E-state index is -4.33. The molecule has 0 aliphatic carbocycles. The zero-order valence-electron chi connectivity index (χ0n) is 17.8. The van der Waals surface area contributed by atoms with Crippen LogP contribution in [-0.2, 0) is 35.4 Å². The number of carboxylic acids is 1. The zero-order valence-corrected chi connectivity index (χ0v) is 18.6. The number of ether oxygens (including phenoxy) is 1. The minimum absolute atomic E-state index is 0.112. The van der Waals surface area contributed by atoms with Crippen LogP contribution in [0.5, 0.6) is 11.5 Å². The molecule has 3 N–H and O–H groups in total. The van der Waals surface area contributed by atoms with Crippen LogP contribution in [0.4, 0.5) is 0 Å². The molecule has 178 valence electrons. The fourth-order valence-electron chi connectivity index (χ4n) is 4.13. The number of amides is 1. The van der Waals surface area contributed by atoms with Crippen molar-refractivity contribution < 1.29 is 42.9 Å². The second kappa shape index (κ2) is 8.13. The van der Waals surface area contributed by atoms with Crippen LogP contribution >= 0.6 is 0 Å². The number of esters is 1. The summed E-state index contributed by atoms with van der Waals surface area (Å²) < 4.78 is 29.9. The largest absolute Gasteiger partial charge is 0.504 e. The molecule has 2 fully saturated rings. The Labute approximate surface area is 193 Å². The summed E-state index contributed by atoms with van der Waals surface area (Å²) in [5, 5.41) is 27.2. The molecule has 4 rings (SSSR count). The molecular weight excluding hydrogens is 468 g/mol. The third-order valence-corrected chi connectivity index (χ3v) is 8.64. The van der Waals surface area contributed by atoms with Crippen LogP contribution in [0.2, 0.25) is 0 Å².